The molecule has 2 aromatic rings. The number of nitro groups is 1. The van der Waals surface area contributed by atoms with Gasteiger partial charge in [0.15, 0.2) is 0 Å². The first-order valence-corrected chi connectivity index (χ1v) is 8.58. The van der Waals surface area contributed by atoms with Crippen LogP contribution in [0.15, 0.2) is 36.8 Å². The Hall–Kier alpha value is -2.74. The molecule has 0 atom stereocenters. The number of carbonyl (C=O) groups is 1. The largest absolute Gasteiger partial charge is 0.473 e. The number of carbonyl (C=O) groups excluding carboxylic acids is 1. The summed E-state index contributed by atoms with van der Waals surface area (Å²) in [5.74, 6) is 0.0837. The average molecular weight is 377 g/mol. The molecular weight excluding hydrogens is 360 g/mol. The first-order chi connectivity index (χ1) is 12.5. The van der Waals surface area contributed by atoms with E-state index in [0.29, 0.717) is 5.88 Å². The minimum absolute atomic E-state index is 0.0282. The van der Waals surface area contributed by atoms with Crippen molar-refractivity contribution in [3.63, 3.8) is 0 Å². The minimum Gasteiger partial charge on any atom is -0.473 e. The zero-order valence-electron chi connectivity index (χ0n) is 13.8. The van der Waals surface area contributed by atoms with E-state index in [4.69, 9.17) is 16.3 Å². The summed E-state index contributed by atoms with van der Waals surface area (Å²) in [6.07, 6.45) is 7.77. The lowest BCUT2D eigenvalue weighted by atomic mass is 9.92. The molecule has 1 aromatic heterocycles. The van der Waals surface area contributed by atoms with Gasteiger partial charge in [-0.05, 0) is 31.7 Å². The Balaban J connectivity index is 1.55. The second-order valence-electron chi connectivity index (χ2n) is 6.03. The summed E-state index contributed by atoms with van der Waals surface area (Å²) in [6.45, 7) is 0. The molecule has 1 N–H and O–H groups in total. The SMILES string of the molecule is O=C(NC1CCC(Oc2cnccn2)CC1)c1cc([N+](=O)[O-])ccc1Cl. The van der Waals surface area contributed by atoms with Crippen LogP contribution in [0.25, 0.3) is 0 Å². The van der Waals surface area contributed by atoms with Crippen LogP contribution in [0.5, 0.6) is 5.88 Å². The molecule has 0 bridgehead atoms. The molecule has 0 spiro atoms. The standard InChI is InChI=1S/C17H17ClN4O4/c18-15-6-3-12(22(24)25)9-14(15)17(23)21-11-1-4-13(5-2-11)26-16-10-19-7-8-20-16/h3,6-11,13H,1-2,4-5H2,(H,21,23). The molecule has 26 heavy (non-hydrogen) atoms. The minimum atomic E-state index is -0.553. The highest BCUT2D eigenvalue weighted by Gasteiger charge is 2.25. The maximum absolute atomic E-state index is 12.4. The monoisotopic (exact) mass is 376 g/mol. The lowest BCUT2D eigenvalue weighted by Gasteiger charge is -2.29. The molecule has 1 aromatic carbocycles. The predicted molar refractivity (Wildman–Crippen MR) is 94.3 cm³/mol. The molecule has 0 saturated heterocycles. The van der Waals surface area contributed by atoms with Gasteiger partial charge in [-0.15, -0.1) is 0 Å². The number of benzene rings is 1. The number of nitro benzene ring substituents is 1. The van der Waals surface area contributed by atoms with E-state index < -0.39 is 10.8 Å². The van der Waals surface area contributed by atoms with Crippen molar-refractivity contribution in [2.45, 2.75) is 37.8 Å². The van der Waals surface area contributed by atoms with Crippen LogP contribution in [0.3, 0.4) is 0 Å². The second kappa shape index (κ2) is 8.09. The maximum atomic E-state index is 12.4. The normalized spacial score (nSPS) is 19.6. The van der Waals surface area contributed by atoms with Crippen LogP contribution < -0.4 is 10.1 Å². The molecule has 9 heteroatoms. The van der Waals surface area contributed by atoms with Gasteiger partial charge in [-0.25, -0.2) is 4.98 Å². The number of amides is 1. The predicted octanol–water partition coefficient (Wildman–Crippen LogP) is 3.16. The Morgan fingerprint density at radius 3 is 2.69 bits per heavy atom. The fourth-order valence-electron chi connectivity index (χ4n) is 2.91. The molecule has 136 valence electrons. The molecule has 1 saturated carbocycles. The summed E-state index contributed by atoms with van der Waals surface area (Å²) in [4.78, 5) is 30.8. The fraction of sp³-hybridized carbons (Fsp3) is 0.353. The number of aromatic nitrogens is 2. The molecular formula is C17H17ClN4O4. The molecule has 8 nitrogen and oxygen atoms in total. The van der Waals surface area contributed by atoms with Crippen LogP contribution in [-0.2, 0) is 0 Å². The van der Waals surface area contributed by atoms with Gasteiger partial charge in [0.2, 0.25) is 5.88 Å². The summed E-state index contributed by atoms with van der Waals surface area (Å²) in [5, 5.41) is 14.0. The van der Waals surface area contributed by atoms with E-state index in [2.05, 4.69) is 15.3 Å². The Morgan fingerprint density at radius 2 is 2.04 bits per heavy atom. The molecule has 1 aliphatic rings. The molecule has 1 fully saturated rings. The van der Waals surface area contributed by atoms with Gasteiger partial charge in [-0.3, -0.25) is 19.9 Å². The van der Waals surface area contributed by atoms with E-state index in [1.807, 2.05) is 0 Å². The number of ether oxygens (including phenoxy) is 1. The van der Waals surface area contributed by atoms with E-state index in [1.54, 1.807) is 18.6 Å². The third-order valence-corrected chi connectivity index (χ3v) is 4.57. The average Bonchev–Trinajstić information content (AvgIpc) is 2.64. The van der Waals surface area contributed by atoms with Gasteiger partial charge in [0.05, 0.1) is 21.7 Å². The van der Waals surface area contributed by atoms with E-state index in [-0.39, 0.29) is 28.4 Å². The van der Waals surface area contributed by atoms with Crippen LogP contribution in [0.2, 0.25) is 5.02 Å². The molecule has 1 aliphatic carbocycles. The number of non-ortho nitro benzene ring substituents is 1. The Labute approximate surface area is 154 Å². The molecule has 1 heterocycles. The van der Waals surface area contributed by atoms with Crippen molar-refractivity contribution in [1.82, 2.24) is 15.3 Å². The third-order valence-electron chi connectivity index (χ3n) is 4.24. The van der Waals surface area contributed by atoms with Crippen molar-refractivity contribution < 1.29 is 14.5 Å². The fourth-order valence-corrected chi connectivity index (χ4v) is 3.11. The Kier molecular flexibility index (Phi) is 5.62. The number of hydrogen-bond donors (Lipinski definition) is 1. The van der Waals surface area contributed by atoms with E-state index in [0.717, 1.165) is 25.7 Å². The summed E-state index contributed by atoms with van der Waals surface area (Å²) in [7, 11) is 0. The quantitative estimate of drug-likeness (QED) is 0.634. The van der Waals surface area contributed by atoms with Crippen molar-refractivity contribution in [2.24, 2.45) is 0 Å². The van der Waals surface area contributed by atoms with Gasteiger partial charge < -0.3 is 10.1 Å². The smallest absolute Gasteiger partial charge is 0.270 e. The summed E-state index contributed by atoms with van der Waals surface area (Å²) in [5.41, 5.74) is -0.0561. The van der Waals surface area contributed by atoms with Gasteiger partial charge in [0, 0.05) is 30.6 Å². The Morgan fingerprint density at radius 1 is 1.27 bits per heavy atom. The first kappa shape index (κ1) is 18.1. The number of halogens is 1. The molecule has 3 rings (SSSR count). The van der Waals surface area contributed by atoms with Crippen LogP contribution in [0.4, 0.5) is 5.69 Å². The van der Waals surface area contributed by atoms with Crippen molar-refractivity contribution in [3.05, 3.63) is 57.5 Å². The van der Waals surface area contributed by atoms with Crippen molar-refractivity contribution in [1.29, 1.82) is 0 Å². The topological polar surface area (TPSA) is 107 Å². The highest BCUT2D eigenvalue weighted by atomic mass is 35.5. The lowest BCUT2D eigenvalue weighted by Crippen LogP contribution is -2.39. The van der Waals surface area contributed by atoms with Crippen molar-refractivity contribution in [3.8, 4) is 5.88 Å². The highest BCUT2D eigenvalue weighted by Crippen LogP contribution is 2.25. The molecule has 0 unspecified atom stereocenters. The van der Waals surface area contributed by atoms with E-state index >= 15 is 0 Å². The van der Waals surface area contributed by atoms with Crippen LogP contribution in [-0.4, -0.2) is 32.9 Å². The zero-order chi connectivity index (χ0) is 18.5. The summed E-state index contributed by atoms with van der Waals surface area (Å²) < 4.78 is 5.77. The lowest BCUT2D eigenvalue weighted by molar-refractivity contribution is -0.384. The third kappa shape index (κ3) is 4.45. The van der Waals surface area contributed by atoms with Crippen molar-refractivity contribution >= 4 is 23.2 Å². The number of rotatable bonds is 5. The summed E-state index contributed by atoms with van der Waals surface area (Å²) >= 11 is 6.01. The van der Waals surface area contributed by atoms with Crippen LogP contribution in [0, 0.1) is 10.1 Å². The number of nitrogens with one attached hydrogen (secondary N) is 1. The Bertz CT molecular complexity index is 795. The van der Waals surface area contributed by atoms with E-state index in [9.17, 15) is 14.9 Å². The van der Waals surface area contributed by atoms with Gasteiger partial charge in [-0.1, -0.05) is 11.6 Å². The van der Waals surface area contributed by atoms with Gasteiger partial charge in [-0.2, -0.15) is 0 Å². The van der Waals surface area contributed by atoms with Crippen molar-refractivity contribution in [2.75, 3.05) is 0 Å². The van der Waals surface area contributed by atoms with Gasteiger partial charge in [0.1, 0.15) is 6.10 Å². The maximum Gasteiger partial charge on any atom is 0.270 e. The molecule has 0 aliphatic heterocycles. The first-order valence-electron chi connectivity index (χ1n) is 8.20. The second-order valence-corrected chi connectivity index (χ2v) is 6.44. The van der Waals surface area contributed by atoms with Crippen LogP contribution in [0.1, 0.15) is 36.0 Å². The number of hydrogen-bond acceptors (Lipinski definition) is 6. The van der Waals surface area contributed by atoms with E-state index in [1.165, 1.54) is 18.2 Å². The molecule has 0 radical (unpaired) electrons. The summed E-state index contributed by atoms with van der Waals surface area (Å²) in [6, 6.07) is 3.80. The highest BCUT2D eigenvalue weighted by molar-refractivity contribution is 6.33. The number of nitrogens with zero attached hydrogens (tertiary/aromatic N) is 3. The zero-order valence-corrected chi connectivity index (χ0v) is 14.6. The van der Waals surface area contributed by atoms with Gasteiger partial charge in [0.25, 0.3) is 11.6 Å². The van der Waals surface area contributed by atoms with Crippen LogP contribution >= 0.6 is 11.6 Å². The molecule has 1 amide bonds. The van der Waals surface area contributed by atoms with Gasteiger partial charge >= 0.3 is 0 Å².